The molecule has 4 nitrogen and oxygen atoms in total. The first-order valence-electron chi connectivity index (χ1n) is 4.99. The van der Waals surface area contributed by atoms with E-state index in [1.807, 2.05) is 0 Å². The summed E-state index contributed by atoms with van der Waals surface area (Å²) in [5.74, 6) is -1.46. The van der Waals surface area contributed by atoms with E-state index in [2.05, 4.69) is 10.6 Å². The smallest absolute Gasteiger partial charge is 0.255 e. The fourth-order valence-electron chi connectivity index (χ4n) is 1.22. The van der Waals surface area contributed by atoms with E-state index in [1.54, 1.807) is 0 Å². The summed E-state index contributed by atoms with van der Waals surface area (Å²) in [6.07, 6.45) is 0. The highest BCUT2D eigenvalue weighted by atomic mass is 35.5. The number of halogens is 2. The number of amides is 2. The average Bonchev–Trinajstić information content (AvgIpc) is 2.24. The summed E-state index contributed by atoms with van der Waals surface area (Å²) in [7, 11) is 0. The standard InChI is InChI=1S/C11H12ClFN2O2/c1-7(16)14-5-6-15-11(17)10-8(12)3-2-4-9(10)13/h2-4H,5-6H2,1H3,(H,14,16)(H,15,17). The third-order valence-corrected chi connectivity index (χ3v) is 2.29. The normalized spacial score (nSPS) is 9.82. The van der Waals surface area contributed by atoms with Crippen LogP contribution in [-0.4, -0.2) is 24.9 Å². The topological polar surface area (TPSA) is 58.2 Å². The zero-order valence-corrected chi connectivity index (χ0v) is 9.97. The maximum absolute atomic E-state index is 13.3. The van der Waals surface area contributed by atoms with Gasteiger partial charge in [0.2, 0.25) is 5.91 Å². The molecule has 6 heteroatoms. The molecule has 0 aromatic heterocycles. The molecule has 1 aromatic carbocycles. The molecular formula is C11H12ClFN2O2. The minimum atomic E-state index is -0.672. The van der Waals surface area contributed by atoms with E-state index in [-0.39, 0.29) is 29.6 Å². The highest BCUT2D eigenvalue weighted by Crippen LogP contribution is 2.18. The first-order chi connectivity index (χ1) is 8.02. The van der Waals surface area contributed by atoms with Crippen molar-refractivity contribution in [1.29, 1.82) is 0 Å². The van der Waals surface area contributed by atoms with E-state index >= 15 is 0 Å². The quantitative estimate of drug-likeness (QED) is 0.801. The zero-order chi connectivity index (χ0) is 12.8. The van der Waals surface area contributed by atoms with Crippen molar-refractivity contribution in [2.24, 2.45) is 0 Å². The summed E-state index contributed by atoms with van der Waals surface area (Å²) in [6.45, 7) is 1.87. The van der Waals surface area contributed by atoms with Gasteiger partial charge in [0.15, 0.2) is 0 Å². The van der Waals surface area contributed by atoms with Gasteiger partial charge in [0, 0.05) is 20.0 Å². The molecule has 1 aromatic rings. The van der Waals surface area contributed by atoms with Gasteiger partial charge in [0.05, 0.1) is 10.6 Å². The molecule has 0 bridgehead atoms. The number of benzene rings is 1. The molecular weight excluding hydrogens is 247 g/mol. The van der Waals surface area contributed by atoms with Crippen molar-refractivity contribution < 1.29 is 14.0 Å². The van der Waals surface area contributed by atoms with E-state index in [1.165, 1.54) is 19.1 Å². The molecule has 1 rings (SSSR count). The first kappa shape index (κ1) is 13.4. The van der Waals surface area contributed by atoms with Gasteiger partial charge in [-0.05, 0) is 12.1 Å². The number of rotatable bonds is 4. The van der Waals surface area contributed by atoms with E-state index in [0.29, 0.717) is 0 Å². The Morgan fingerprint density at radius 2 is 1.94 bits per heavy atom. The van der Waals surface area contributed by atoms with Crippen LogP contribution in [0.3, 0.4) is 0 Å². The van der Waals surface area contributed by atoms with Gasteiger partial charge >= 0.3 is 0 Å². The molecule has 0 fully saturated rings. The number of carbonyl (C=O) groups is 2. The Morgan fingerprint density at radius 1 is 1.29 bits per heavy atom. The Morgan fingerprint density at radius 3 is 2.53 bits per heavy atom. The number of nitrogens with one attached hydrogen (secondary N) is 2. The molecule has 0 saturated heterocycles. The van der Waals surface area contributed by atoms with Crippen molar-refractivity contribution in [1.82, 2.24) is 10.6 Å². The van der Waals surface area contributed by atoms with Crippen LogP contribution in [0.1, 0.15) is 17.3 Å². The van der Waals surface area contributed by atoms with Crippen LogP contribution in [0.25, 0.3) is 0 Å². The summed E-state index contributed by atoms with van der Waals surface area (Å²) in [6, 6.07) is 4.02. The van der Waals surface area contributed by atoms with Crippen LogP contribution in [0, 0.1) is 5.82 Å². The van der Waals surface area contributed by atoms with Gasteiger partial charge in [0.25, 0.3) is 5.91 Å². The lowest BCUT2D eigenvalue weighted by Crippen LogP contribution is -2.34. The van der Waals surface area contributed by atoms with Crippen LogP contribution in [0.2, 0.25) is 5.02 Å². The molecule has 0 aliphatic heterocycles. The summed E-state index contributed by atoms with van der Waals surface area (Å²) in [5, 5.41) is 5.02. The second-order valence-corrected chi connectivity index (χ2v) is 3.74. The second kappa shape index (κ2) is 6.20. The maximum Gasteiger partial charge on any atom is 0.255 e. The lowest BCUT2D eigenvalue weighted by Gasteiger charge is -2.07. The third-order valence-electron chi connectivity index (χ3n) is 1.97. The second-order valence-electron chi connectivity index (χ2n) is 3.34. The highest BCUT2D eigenvalue weighted by molar-refractivity contribution is 6.33. The predicted octanol–water partition coefficient (Wildman–Crippen LogP) is 1.34. The third kappa shape index (κ3) is 4.03. The Balaban J connectivity index is 2.55. The minimum absolute atomic E-state index is 0.0574. The summed E-state index contributed by atoms with van der Waals surface area (Å²) in [4.78, 5) is 22.1. The molecule has 2 amide bonds. The largest absolute Gasteiger partial charge is 0.355 e. The molecule has 92 valence electrons. The highest BCUT2D eigenvalue weighted by Gasteiger charge is 2.14. The molecule has 0 atom stereocenters. The Labute approximate surface area is 103 Å². The molecule has 0 aliphatic rings. The van der Waals surface area contributed by atoms with Crippen LogP contribution in [-0.2, 0) is 4.79 Å². The number of hydrogen-bond donors (Lipinski definition) is 2. The van der Waals surface area contributed by atoms with Crippen molar-refractivity contribution in [3.05, 3.63) is 34.6 Å². The van der Waals surface area contributed by atoms with Crippen LogP contribution in [0.4, 0.5) is 4.39 Å². The molecule has 0 saturated carbocycles. The molecule has 2 N–H and O–H groups in total. The molecule has 0 radical (unpaired) electrons. The maximum atomic E-state index is 13.3. The fraction of sp³-hybridized carbons (Fsp3) is 0.273. The van der Waals surface area contributed by atoms with Crippen LogP contribution in [0.15, 0.2) is 18.2 Å². The Bertz CT molecular complexity index is 417. The summed E-state index contributed by atoms with van der Waals surface area (Å²) < 4.78 is 13.3. The van der Waals surface area contributed by atoms with Gasteiger partial charge in [-0.2, -0.15) is 0 Å². The molecule has 0 aliphatic carbocycles. The Kier molecular flexibility index (Phi) is 4.90. The fourth-order valence-corrected chi connectivity index (χ4v) is 1.47. The minimum Gasteiger partial charge on any atom is -0.355 e. The molecule has 17 heavy (non-hydrogen) atoms. The van der Waals surface area contributed by atoms with Gasteiger partial charge in [0.1, 0.15) is 5.82 Å². The molecule has 0 spiro atoms. The monoisotopic (exact) mass is 258 g/mol. The SMILES string of the molecule is CC(=O)NCCNC(=O)c1c(F)cccc1Cl. The van der Waals surface area contributed by atoms with Gasteiger partial charge in [-0.25, -0.2) is 4.39 Å². The number of hydrogen-bond acceptors (Lipinski definition) is 2. The van der Waals surface area contributed by atoms with E-state index in [9.17, 15) is 14.0 Å². The lowest BCUT2D eigenvalue weighted by atomic mass is 10.2. The van der Waals surface area contributed by atoms with E-state index < -0.39 is 11.7 Å². The van der Waals surface area contributed by atoms with Gasteiger partial charge in [-0.3, -0.25) is 9.59 Å². The van der Waals surface area contributed by atoms with Gasteiger partial charge in [-0.15, -0.1) is 0 Å². The van der Waals surface area contributed by atoms with Crippen LogP contribution < -0.4 is 10.6 Å². The van der Waals surface area contributed by atoms with Crippen molar-refractivity contribution in [3.8, 4) is 0 Å². The van der Waals surface area contributed by atoms with Crippen molar-refractivity contribution >= 4 is 23.4 Å². The number of carbonyl (C=O) groups excluding carboxylic acids is 2. The van der Waals surface area contributed by atoms with Gasteiger partial charge < -0.3 is 10.6 Å². The summed E-state index contributed by atoms with van der Waals surface area (Å²) >= 11 is 5.72. The Hall–Kier alpha value is -1.62. The van der Waals surface area contributed by atoms with E-state index in [0.717, 1.165) is 6.07 Å². The zero-order valence-electron chi connectivity index (χ0n) is 9.22. The van der Waals surface area contributed by atoms with Gasteiger partial charge in [-0.1, -0.05) is 17.7 Å². The van der Waals surface area contributed by atoms with E-state index in [4.69, 9.17) is 11.6 Å². The first-order valence-corrected chi connectivity index (χ1v) is 5.37. The van der Waals surface area contributed by atoms with Crippen LogP contribution >= 0.6 is 11.6 Å². The predicted molar refractivity (Wildman–Crippen MR) is 62.4 cm³/mol. The van der Waals surface area contributed by atoms with Crippen molar-refractivity contribution in [3.63, 3.8) is 0 Å². The molecule has 0 unspecified atom stereocenters. The molecule has 0 heterocycles. The summed E-state index contributed by atoms with van der Waals surface area (Å²) in [5.41, 5.74) is -0.183. The van der Waals surface area contributed by atoms with Crippen LogP contribution in [0.5, 0.6) is 0 Å². The average molecular weight is 259 g/mol. The van der Waals surface area contributed by atoms with Crippen molar-refractivity contribution in [2.45, 2.75) is 6.92 Å². The lowest BCUT2D eigenvalue weighted by molar-refractivity contribution is -0.118. The van der Waals surface area contributed by atoms with Crippen molar-refractivity contribution in [2.75, 3.05) is 13.1 Å².